The van der Waals surface area contributed by atoms with E-state index in [0.29, 0.717) is 6.54 Å². The zero-order chi connectivity index (χ0) is 8.81. The zero-order valence-corrected chi connectivity index (χ0v) is 8.16. The maximum Gasteiger partial charge on any atom is 0.0940 e. The first-order chi connectivity index (χ1) is 5.86. The minimum absolute atomic E-state index is 0.689. The van der Waals surface area contributed by atoms with Crippen LogP contribution in [0.5, 0.6) is 0 Å². The lowest BCUT2D eigenvalue weighted by Crippen LogP contribution is -2.10. The van der Waals surface area contributed by atoms with Gasteiger partial charge in [-0.1, -0.05) is 6.92 Å². The molecule has 0 saturated carbocycles. The maximum absolute atomic E-state index is 5.42. The quantitative estimate of drug-likeness (QED) is 0.712. The summed E-state index contributed by atoms with van der Waals surface area (Å²) in [5, 5.41) is 4.40. The molecule has 1 aromatic heterocycles. The van der Waals surface area contributed by atoms with E-state index in [-0.39, 0.29) is 0 Å². The smallest absolute Gasteiger partial charge is 0.0940 e. The van der Waals surface area contributed by atoms with Gasteiger partial charge in [-0.05, 0) is 13.1 Å². The van der Waals surface area contributed by atoms with Crippen LogP contribution in [0.4, 0.5) is 0 Å². The van der Waals surface area contributed by atoms with Gasteiger partial charge in [0.05, 0.1) is 5.01 Å². The van der Waals surface area contributed by atoms with Crippen molar-refractivity contribution in [3.8, 4) is 0 Å². The van der Waals surface area contributed by atoms with Crippen LogP contribution in [0.1, 0.15) is 16.8 Å². The van der Waals surface area contributed by atoms with Crippen LogP contribution in [0.25, 0.3) is 0 Å². The first-order valence-electron chi connectivity index (χ1n) is 4.21. The summed E-state index contributed by atoms with van der Waals surface area (Å²) < 4.78 is 0. The average molecular weight is 185 g/mol. The molecule has 0 aromatic carbocycles. The van der Waals surface area contributed by atoms with Crippen LogP contribution < -0.4 is 11.1 Å². The molecular formula is C8H15N3S. The molecule has 3 N–H and O–H groups in total. The molecular weight excluding hydrogens is 170 g/mol. The third-order valence-electron chi connectivity index (χ3n) is 1.51. The molecule has 3 nitrogen and oxygen atoms in total. The molecule has 0 spiro atoms. The lowest BCUT2D eigenvalue weighted by atomic mass is 10.5. The molecule has 0 bridgehead atoms. The summed E-state index contributed by atoms with van der Waals surface area (Å²) in [7, 11) is 0. The summed E-state index contributed by atoms with van der Waals surface area (Å²) in [5.74, 6) is 0. The standard InChI is InChI=1S/C8H15N3S/c1-2-10-5-7-6-11-8(12-7)3-4-9/h6,10H,2-5,9H2,1H3. The lowest BCUT2D eigenvalue weighted by molar-refractivity contribution is 0.734. The van der Waals surface area contributed by atoms with E-state index in [1.54, 1.807) is 11.3 Å². The normalized spacial score (nSPS) is 10.5. The Morgan fingerprint density at radius 3 is 3.17 bits per heavy atom. The second kappa shape index (κ2) is 5.24. The molecule has 0 aliphatic carbocycles. The molecule has 0 saturated heterocycles. The Morgan fingerprint density at radius 2 is 2.50 bits per heavy atom. The second-order valence-electron chi connectivity index (χ2n) is 2.54. The Morgan fingerprint density at radius 1 is 1.67 bits per heavy atom. The van der Waals surface area contributed by atoms with Gasteiger partial charge in [0, 0.05) is 24.0 Å². The fourth-order valence-corrected chi connectivity index (χ4v) is 1.82. The fraction of sp³-hybridized carbons (Fsp3) is 0.625. The number of aromatic nitrogens is 1. The number of hydrogen-bond donors (Lipinski definition) is 2. The molecule has 1 aromatic rings. The van der Waals surface area contributed by atoms with Gasteiger partial charge in [0.2, 0.25) is 0 Å². The number of thiazole rings is 1. The molecule has 4 heteroatoms. The Labute approximate surface area is 77.0 Å². The monoisotopic (exact) mass is 185 g/mol. The van der Waals surface area contributed by atoms with E-state index < -0.39 is 0 Å². The van der Waals surface area contributed by atoms with Gasteiger partial charge in [0.15, 0.2) is 0 Å². The highest BCUT2D eigenvalue weighted by Crippen LogP contribution is 2.12. The van der Waals surface area contributed by atoms with Crippen LogP contribution in [0.2, 0.25) is 0 Å². The van der Waals surface area contributed by atoms with Gasteiger partial charge in [-0.2, -0.15) is 0 Å². The van der Waals surface area contributed by atoms with Crippen LogP contribution >= 0.6 is 11.3 Å². The van der Waals surface area contributed by atoms with Crippen LogP contribution in [0, 0.1) is 0 Å². The van der Waals surface area contributed by atoms with Gasteiger partial charge in [0.1, 0.15) is 0 Å². The molecule has 1 heterocycles. The third kappa shape index (κ3) is 2.89. The number of nitrogens with one attached hydrogen (secondary N) is 1. The molecule has 12 heavy (non-hydrogen) atoms. The minimum Gasteiger partial charge on any atom is -0.330 e. The summed E-state index contributed by atoms with van der Waals surface area (Å²) in [6.07, 6.45) is 2.83. The van der Waals surface area contributed by atoms with Crippen molar-refractivity contribution in [1.82, 2.24) is 10.3 Å². The zero-order valence-electron chi connectivity index (χ0n) is 7.34. The largest absolute Gasteiger partial charge is 0.330 e. The van der Waals surface area contributed by atoms with Crippen molar-refractivity contribution in [3.05, 3.63) is 16.1 Å². The SMILES string of the molecule is CCNCc1cnc(CCN)s1. The summed E-state index contributed by atoms with van der Waals surface area (Å²) in [6, 6.07) is 0. The van der Waals surface area contributed by atoms with Crippen LogP contribution in [-0.2, 0) is 13.0 Å². The second-order valence-corrected chi connectivity index (χ2v) is 3.74. The Kier molecular flexibility index (Phi) is 4.21. The minimum atomic E-state index is 0.689. The molecule has 0 amide bonds. The number of hydrogen-bond acceptors (Lipinski definition) is 4. The lowest BCUT2D eigenvalue weighted by Gasteiger charge is -1.94. The van der Waals surface area contributed by atoms with Gasteiger partial charge >= 0.3 is 0 Å². The highest BCUT2D eigenvalue weighted by atomic mass is 32.1. The van der Waals surface area contributed by atoms with Gasteiger partial charge in [-0.15, -0.1) is 11.3 Å². The van der Waals surface area contributed by atoms with Gasteiger partial charge in [-0.3, -0.25) is 0 Å². The molecule has 0 radical (unpaired) electrons. The van der Waals surface area contributed by atoms with E-state index >= 15 is 0 Å². The van der Waals surface area contributed by atoms with Crippen LogP contribution in [0.15, 0.2) is 6.20 Å². The number of nitrogens with two attached hydrogens (primary N) is 1. The summed E-state index contributed by atoms with van der Waals surface area (Å²) in [6.45, 7) is 4.72. The summed E-state index contributed by atoms with van der Waals surface area (Å²) in [4.78, 5) is 5.55. The molecule has 0 atom stereocenters. The van der Waals surface area contributed by atoms with E-state index in [2.05, 4.69) is 17.2 Å². The van der Waals surface area contributed by atoms with Crippen molar-refractivity contribution in [2.75, 3.05) is 13.1 Å². The highest BCUT2D eigenvalue weighted by Gasteiger charge is 1.99. The van der Waals surface area contributed by atoms with Crippen molar-refractivity contribution < 1.29 is 0 Å². The molecule has 1 rings (SSSR count). The van der Waals surface area contributed by atoms with Gasteiger partial charge in [-0.25, -0.2) is 4.98 Å². The molecule has 0 aliphatic rings. The third-order valence-corrected chi connectivity index (χ3v) is 2.57. The Balaban J connectivity index is 2.41. The molecule has 0 fully saturated rings. The predicted octanol–water partition coefficient (Wildman–Crippen LogP) is 0.754. The van der Waals surface area contributed by atoms with Gasteiger partial charge in [0.25, 0.3) is 0 Å². The van der Waals surface area contributed by atoms with Crippen molar-refractivity contribution in [2.45, 2.75) is 19.9 Å². The predicted molar refractivity (Wildman–Crippen MR) is 52.3 cm³/mol. The van der Waals surface area contributed by atoms with Gasteiger partial charge < -0.3 is 11.1 Å². The first kappa shape index (κ1) is 9.64. The van der Waals surface area contributed by atoms with E-state index in [1.165, 1.54) is 4.88 Å². The van der Waals surface area contributed by atoms with Crippen molar-refractivity contribution >= 4 is 11.3 Å². The maximum atomic E-state index is 5.42. The van der Waals surface area contributed by atoms with Crippen LogP contribution in [0.3, 0.4) is 0 Å². The Hall–Kier alpha value is -0.450. The number of rotatable bonds is 5. The van der Waals surface area contributed by atoms with E-state index in [1.807, 2.05) is 6.20 Å². The first-order valence-corrected chi connectivity index (χ1v) is 5.02. The number of nitrogens with zero attached hydrogens (tertiary/aromatic N) is 1. The molecule has 68 valence electrons. The molecule has 0 unspecified atom stereocenters. The average Bonchev–Trinajstić information content (AvgIpc) is 2.50. The Bertz CT molecular complexity index is 222. The van der Waals surface area contributed by atoms with Crippen molar-refractivity contribution in [2.24, 2.45) is 5.73 Å². The highest BCUT2D eigenvalue weighted by molar-refractivity contribution is 7.11. The fourth-order valence-electron chi connectivity index (χ4n) is 0.917. The van der Waals surface area contributed by atoms with Crippen LogP contribution in [-0.4, -0.2) is 18.1 Å². The van der Waals surface area contributed by atoms with Crippen molar-refractivity contribution in [3.63, 3.8) is 0 Å². The summed E-state index contributed by atoms with van der Waals surface area (Å²) >= 11 is 1.74. The van der Waals surface area contributed by atoms with E-state index in [9.17, 15) is 0 Å². The van der Waals surface area contributed by atoms with Crippen molar-refractivity contribution in [1.29, 1.82) is 0 Å². The topological polar surface area (TPSA) is 50.9 Å². The molecule has 0 aliphatic heterocycles. The van der Waals surface area contributed by atoms with E-state index in [0.717, 1.165) is 24.5 Å². The van der Waals surface area contributed by atoms with E-state index in [4.69, 9.17) is 5.73 Å². The summed E-state index contributed by atoms with van der Waals surface area (Å²) in [5.41, 5.74) is 5.42.